The largest absolute Gasteiger partial charge is 0.486 e. The van der Waals surface area contributed by atoms with Crippen LogP contribution in [0.25, 0.3) is 10.9 Å². The Bertz CT molecular complexity index is 1210. The van der Waals surface area contributed by atoms with Crippen molar-refractivity contribution in [1.29, 1.82) is 0 Å². The molecule has 1 N–H and O–H groups in total. The van der Waals surface area contributed by atoms with Crippen molar-refractivity contribution in [3.63, 3.8) is 0 Å². The van der Waals surface area contributed by atoms with Crippen LogP contribution in [0.15, 0.2) is 42.5 Å². The summed E-state index contributed by atoms with van der Waals surface area (Å²) in [5, 5.41) is 3.50. The predicted molar refractivity (Wildman–Crippen MR) is 119 cm³/mol. The quantitative estimate of drug-likeness (QED) is 0.629. The van der Waals surface area contributed by atoms with Gasteiger partial charge in [0.1, 0.15) is 13.2 Å². The van der Waals surface area contributed by atoms with Crippen LogP contribution in [0.3, 0.4) is 0 Å². The Morgan fingerprint density at radius 2 is 1.94 bits per heavy atom. The van der Waals surface area contributed by atoms with Gasteiger partial charge in [-0.05, 0) is 48.9 Å². The van der Waals surface area contributed by atoms with Gasteiger partial charge in [0.2, 0.25) is 0 Å². The number of ether oxygens (including phenoxy) is 3. The van der Waals surface area contributed by atoms with E-state index in [0.29, 0.717) is 41.9 Å². The van der Waals surface area contributed by atoms with Crippen LogP contribution in [0.4, 0.5) is 5.69 Å². The average Bonchev–Trinajstić information content (AvgIpc) is 2.81. The van der Waals surface area contributed by atoms with Crippen molar-refractivity contribution >= 4 is 28.5 Å². The van der Waals surface area contributed by atoms with Crippen molar-refractivity contribution in [2.24, 2.45) is 5.92 Å². The number of nitrogens with zero attached hydrogens (tertiary/aromatic N) is 1. The molecule has 32 heavy (non-hydrogen) atoms. The number of aromatic nitrogens is 1. The van der Waals surface area contributed by atoms with Crippen LogP contribution < -0.4 is 14.8 Å². The molecule has 3 aromatic rings. The maximum atomic E-state index is 13.1. The average molecular weight is 432 g/mol. The third-order valence-electron chi connectivity index (χ3n) is 5.87. The van der Waals surface area contributed by atoms with Crippen LogP contribution in [0, 0.1) is 5.92 Å². The zero-order valence-electron chi connectivity index (χ0n) is 17.8. The molecular formula is C25H24N2O5. The van der Waals surface area contributed by atoms with Gasteiger partial charge in [-0.15, -0.1) is 0 Å². The highest BCUT2D eigenvalue weighted by Gasteiger charge is 2.26. The van der Waals surface area contributed by atoms with Crippen molar-refractivity contribution in [2.75, 3.05) is 25.1 Å². The highest BCUT2D eigenvalue weighted by atomic mass is 16.6. The molecule has 0 saturated heterocycles. The Morgan fingerprint density at radius 1 is 1.12 bits per heavy atom. The number of benzene rings is 2. The molecule has 2 aliphatic rings. The zero-order chi connectivity index (χ0) is 22.1. The van der Waals surface area contributed by atoms with Gasteiger partial charge in [0.05, 0.1) is 11.1 Å². The van der Waals surface area contributed by atoms with Gasteiger partial charge in [-0.3, -0.25) is 9.78 Å². The molecule has 7 heteroatoms. The minimum atomic E-state index is -0.494. The zero-order valence-corrected chi connectivity index (χ0v) is 17.8. The number of fused-ring (bicyclic) bond motifs is 3. The molecule has 164 valence electrons. The Kier molecular flexibility index (Phi) is 5.39. The first-order valence-electron chi connectivity index (χ1n) is 10.9. The summed E-state index contributed by atoms with van der Waals surface area (Å²) in [5.74, 6) is 0.775. The Hall–Kier alpha value is -3.61. The van der Waals surface area contributed by atoms with Crippen LogP contribution >= 0.6 is 0 Å². The fourth-order valence-electron chi connectivity index (χ4n) is 4.32. The van der Waals surface area contributed by atoms with Crippen LogP contribution in [0.5, 0.6) is 11.5 Å². The molecule has 7 nitrogen and oxygen atoms in total. The van der Waals surface area contributed by atoms with Gasteiger partial charge >= 0.3 is 5.97 Å². The monoisotopic (exact) mass is 432 g/mol. The third-order valence-corrected chi connectivity index (χ3v) is 5.87. The van der Waals surface area contributed by atoms with E-state index in [1.54, 1.807) is 18.2 Å². The van der Waals surface area contributed by atoms with E-state index in [0.717, 1.165) is 41.4 Å². The number of rotatable bonds is 4. The molecule has 5 rings (SSSR count). The normalized spacial score (nSPS) is 16.8. The number of hydrogen-bond acceptors (Lipinski definition) is 6. The van der Waals surface area contributed by atoms with Crippen molar-refractivity contribution in [3.8, 4) is 11.5 Å². The molecule has 1 aliphatic carbocycles. The molecule has 0 bridgehead atoms. The van der Waals surface area contributed by atoms with Gasteiger partial charge in [-0.25, -0.2) is 4.79 Å². The lowest BCUT2D eigenvalue weighted by Crippen LogP contribution is -2.24. The van der Waals surface area contributed by atoms with Crippen LogP contribution in [0.2, 0.25) is 0 Å². The molecule has 1 aromatic heterocycles. The number of aryl methyl sites for hydroxylation is 1. The van der Waals surface area contributed by atoms with Gasteiger partial charge in [-0.1, -0.05) is 25.1 Å². The Labute approximate surface area is 185 Å². The first kappa shape index (κ1) is 20.3. The van der Waals surface area contributed by atoms with E-state index in [9.17, 15) is 9.59 Å². The van der Waals surface area contributed by atoms with E-state index in [1.165, 1.54) is 0 Å². The second kappa shape index (κ2) is 8.49. The van der Waals surface area contributed by atoms with Crippen LogP contribution in [0.1, 0.15) is 35.0 Å². The lowest BCUT2D eigenvalue weighted by molar-refractivity contribution is -0.119. The molecule has 1 amide bonds. The van der Waals surface area contributed by atoms with Crippen molar-refractivity contribution in [2.45, 2.75) is 26.2 Å². The maximum Gasteiger partial charge on any atom is 0.339 e. The molecule has 0 spiro atoms. The van der Waals surface area contributed by atoms with Crippen molar-refractivity contribution < 1.29 is 23.8 Å². The van der Waals surface area contributed by atoms with E-state index in [1.807, 2.05) is 24.3 Å². The minimum absolute atomic E-state index is 0.381. The summed E-state index contributed by atoms with van der Waals surface area (Å²) in [6.07, 6.45) is 2.66. The summed E-state index contributed by atoms with van der Waals surface area (Å²) in [6, 6.07) is 12.7. The van der Waals surface area contributed by atoms with Gasteiger partial charge in [0.15, 0.2) is 18.1 Å². The predicted octanol–water partition coefficient (Wildman–Crippen LogP) is 3.93. The molecule has 2 aromatic carbocycles. The smallest absolute Gasteiger partial charge is 0.339 e. The van der Waals surface area contributed by atoms with Crippen LogP contribution in [-0.2, 0) is 22.4 Å². The summed E-state index contributed by atoms with van der Waals surface area (Å²) in [4.78, 5) is 30.3. The van der Waals surface area contributed by atoms with Crippen molar-refractivity contribution in [1.82, 2.24) is 4.98 Å². The number of pyridine rings is 1. The Balaban J connectivity index is 1.33. The van der Waals surface area contributed by atoms with E-state index in [4.69, 9.17) is 19.2 Å². The van der Waals surface area contributed by atoms with E-state index in [-0.39, 0.29) is 6.61 Å². The third kappa shape index (κ3) is 3.98. The van der Waals surface area contributed by atoms with Crippen LogP contribution in [-0.4, -0.2) is 36.7 Å². The number of anilines is 1. The molecule has 0 saturated carbocycles. The molecular weight excluding hydrogens is 408 g/mol. The number of para-hydroxylation sites is 1. The van der Waals surface area contributed by atoms with E-state index < -0.39 is 11.9 Å². The standard InChI is InChI=1S/C25H24N2O5/c1-15-6-8-20-18(12-15)24(17-4-2-3-5-19(17)27-20)25(29)32-14-23(28)26-16-7-9-21-22(13-16)31-11-10-30-21/h2-5,7,9,13,15H,6,8,10-12,14H2,1H3,(H,26,28). The van der Waals surface area contributed by atoms with Gasteiger partial charge in [0.25, 0.3) is 5.91 Å². The summed E-state index contributed by atoms with van der Waals surface area (Å²) in [5.41, 5.74) is 3.75. The van der Waals surface area contributed by atoms with Crippen molar-refractivity contribution in [3.05, 3.63) is 59.3 Å². The molecule has 1 unspecified atom stereocenters. The number of carbonyl (C=O) groups is 2. The molecule has 2 heterocycles. The second-order valence-electron chi connectivity index (χ2n) is 8.26. The van der Waals surface area contributed by atoms with Gasteiger partial charge in [0, 0.05) is 22.8 Å². The number of carbonyl (C=O) groups excluding carboxylic acids is 2. The summed E-state index contributed by atoms with van der Waals surface area (Å²) in [6.45, 7) is 2.76. The minimum Gasteiger partial charge on any atom is -0.486 e. The number of amides is 1. The molecule has 0 fully saturated rings. The number of esters is 1. The molecule has 0 radical (unpaired) electrons. The van der Waals surface area contributed by atoms with E-state index in [2.05, 4.69) is 12.2 Å². The summed E-state index contributed by atoms with van der Waals surface area (Å²) in [7, 11) is 0. The first-order chi connectivity index (χ1) is 15.6. The topological polar surface area (TPSA) is 86.8 Å². The maximum absolute atomic E-state index is 13.1. The van der Waals surface area contributed by atoms with Gasteiger partial charge in [-0.2, -0.15) is 0 Å². The summed E-state index contributed by atoms with van der Waals surface area (Å²) >= 11 is 0. The fourth-order valence-corrected chi connectivity index (χ4v) is 4.32. The lowest BCUT2D eigenvalue weighted by atomic mass is 9.84. The highest BCUT2D eigenvalue weighted by Crippen LogP contribution is 2.33. The van der Waals surface area contributed by atoms with E-state index >= 15 is 0 Å². The number of hydrogen-bond donors (Lipinski definition) is 1. The fraction of sp³-hybridized carbons (Fsp3) is 0.320. The molecule has 1 atom stereocenters. The second-order valence-corrected chi connectivity index (χ2v) is 8.26. The summed E-state index contributed by atoms with van der Waals surface area (Å²) < 4.78 is 16.5. The highest BCUT2D eigenvalue weighted by molar-refractivity contribution is 6.06. The number of nitrogens with one attached hydrogen (secondary N) is 1. The molecule has 1 aliphatic heterocycles. The van der Waals surface area contributed by atoms with Gasteiger partial charge < -0.3 is 19.5 Å². The lowest BCUT2D eigenvalue weighted by Gasteiger charge is -2.24. The first-order valence-corrected chi connectivity index (χ1v) is 10.9. The Morgan fingerprint density at radius 3 is 2.81 bits per heavy atom. The SMILES string of the molecule is CC1CCc2nc3ccccc3c(C(=O)OCC(=O)Nc3ccc4c(c3)OCCO4)c2C1.